The van der Waals surface area contributed by atoms with Crippen molar-refractivity contribution in [3.63, 3.8) is 0 Å². The van der Waals surface area contributed by atoms with Crippen LogP contribution in [0.15, 0.2) is 81.8 Å². The van der Waals surface area contributed by atoms with E-state index in [0.717, 1.165) is 0 Å². The summed E-state index contributed by atoms with van der Waals surface area (Å²) in [5.74, 6) is -2.19. The van der Waals surface area contributed by atoms with Crippen molar-refractivity contribution in [2.75, 3.05) is 0 Å². The van der Waals surface area contributed by atoms with E-state index in [4.69, 9.17) is 12.8 Å². The van der Waals surface area contributed by atoms with Gasteiger partial charge in [-0.25, -0.2) is 0 Å². The molecular weight excluding hydrogens is 368 g/mol. The number of hydrogen-bond donors (Lipinski definition) is 0. The summed E-state index contributed by atoms with van der Waals surface area (Å²) in [6.07, 6.45) is 12.2. The van der Waals surface area contributed by atoms with Gasteiger partial charge in [-0.2, -0.15) is 0 Å². The molecule has 0 radical (unpaired) electrons. The summed E-state index contributed by atoms with van der Waals surface area (Å²) in [4.78, 5) is 7.26. The second-order valence-electron chi connectivity index (χ2n) is 5.54. The van der Waals surface area contributed by atoms with Crippen LogP contribution in [0.5, 0.6) is 0 Å². The first-order valence-corrected chi connectivity index (χ1v) is 7.83. The van der Waals surface area contributed by atoms with E-state index in [9.17, 15) is 17.6 Å². The van der Waals surface area contributed by atoms with Gasteiger partial charge in [-0.1, -0.05) is 5.92 Å². The molecule has 0 spiro atoms. The van der Waals surface area contributed by atoms with Crippen LogP contribution in [-0.2, 0) is 0 Å². The normalized spacial score (nSPS) is 14.0. The maximum atomic E-state index is 14.4. The molecule has 1 aliphatic carbocycles. The van der Waals surface area contributed by atoms with Crippen LogP contribution >= 0.6 is 0 Å². The molecule has 2 nitrogen and oxygen atoms in total. The van der Waals surface area contributed by atoms with Crippen LogP contribution in [0.25, 0.3) is 0 Å². The number of rotatable bonds is 2. The van der Waals surface area contributed by atoms with E-state index in [-0.39, 0.29) is 11.4 Å². The van der Waals surface area contributed by atoms with Crippen molar-refractivity contribution in [2.24, 2.45) is 9.98 Å². The molecule has 0 atom stereocenters. The topological polar surface area (TPSA) is 24.7 Å². The molecule has 6 heteroatoms. The van der Waals surface area contributed by atoms with Gasteiger partial charge in [-0.3, -0.25) is 0 Å². The first-order chi connectivity index (χ1) is 13.4. The third kappa shape index (κ3) is 3.71. The molecular formula is C22H9F4N2+. The van der Waals surface area contributed by atoms with Gasteiger partial charge in [0.1, 0.15) is 0 Å². The van der Waals surface area contributed by atoms with Crippen molar-refractivity contribution < 1.29 is 17.6 Å². The van der Waals surface area contributed by atoms with Crippen molar-refractivity contribution in [3.8, 4) is 18.3 Å². The summed E-state index contributed by atoms with van der Waals surface area (Å²) in [7, 11) is 0. The minimum absolute atomic E-state index is 0.0464. The third-order valence-electron chi connectivity index (χ3n) is 3.74. The Kier molecular flexibility index (Phi) is 5.39. The number of benzene rings is 2. The number of nitrogens with zero attached hydrogens (tertiary/aromatic N) is 2. The Hall–Kier alpha value is -3.68. The molecule has 0 unspecified atom stereocenters. The fourth-order valence-electron chi connectivity index (χ4n) is 2.31. The Balaban J connectivity index is 2.04. The molecule has 0 N–H and O–H groups in total. The van der Waals surface area contributed by atoms with E-state index in [1.807, 2.05) is 0 Å². The molecule has 0 saturated heterocycles. The van der Waals surface area contributed by atoms with E-state index in [1.54, 1.807) is 0 Å². The molecule has 28 heavy (non-hydrogen) atoms. The van der Waals surface area contributed by atoms with E-state index >= 15 is 0 Å². The summed E-state index contributed by atoms with van der Waals surface area (Å²) >= 11 is 0. The summed E-state index contributed by atoms with van der Waals surface area (Å²) in [5.41, 5.74) is -1.18. The molecule has 0 saturated carbocycles. The Morgan fingerprint density at radius 3 is 1.32 bits per heavy atom. The quantitative estimate of drug-likeness (QED) is 0.275. The molecule has 0 bridgehead atoms. The standard InChI is InChI=1S/C22H9F4N2/c1-3-13-5-9-15(10-6-13)27-21-17(23)19(25)22(20(26)18(21)24)28-16-11-7-14(4-2)8-12-16/h1,5-12H/q+1. The second kappa shape index (κ2) is 7.91. The van der Waals surface area contributed by atoms with Crippen LogP contribution in [0.1, 0.15) is 11.1 Å². The molecule has 0 aromatic heterocycles. The van der Waals surface area contributed by atoms with Gasteiger partial charge in [-0.05, 0) is 24.3 Å². The van der Waals surface area contributed by atoms with Gasteiger partial charge < -0.3 is 0 Å². The van der Waals surface area contributed by atoms with Gasteiger partial charge in [0.15, 0.2) is 0 Å². The molecule has 0 heterocycles. The van der Waals surface area contributed by atoms with Crippen LogP contribution in [0.2, 0.25) is 0 Å². The summed E-state index contributed by atoms with van der Waals surface area (Å²) in [6, 6.07) is 11.2. The first kappa shape index (κ1) is 19.1. The van der Waals surface area contributed by atoms with Crippen LogP contribution in [0.3, 0.4) is 0 Å². The van der Waals surface area contributed by atoms with Crippen LogP contribution < -0.4 is 0 Å². The van der Waals surface area contributed by atoms with Crippen molar-refractivity contribution in [3.05, 3.63) is 89.4 Å². The van der Waals surface area contributed by atoms with Crippen molar-refractivity contribution in [2.45, 2.75) is 0 Å². The Morgan fingerprint density at radius 1 is 0.643 bits per heavy atom. The molecule has 134 valence electrons. The van der Waals surface area contributed by atoms with Crippen LogP contribution in [0, 0.1) is 24.7 Å². The van der Waals surface area contributed by atoms with Gasteiger partial charge in [0.05, 0.1) is 0 Å². The molecule has 0 aliphatic heterocycles. The zero-order valence-corrected chi connectivity index (χ0v) is 14.1. The molecule has 2 aromatic rings. The molecule has 1 aliphatic rings. The maximum absolute atomic E-state index is 14.4. The van der Waals surface area contributed by atoms with Gasteiger partial charge >= 0.3 is 116 Å². The number of halogens is 4. The van der Waals surface area contributed by atoms with Gasteiger partial charge in [-0.15, -0.1) is 6.42 Å². The van der Waals surface area contributed by atoms with Crippen molar-refractivity contribution in [1.82, 2.24) is 0 Å². The Morgan fingerprint density at radius 2 is 1.00 bits per heavy atom. The zero-order chi connectivity index (χ0) is 20.3. The second-order valence-corrected chi connectivity index (χ2v) is 5.54. The van der Waals surface area contributed by atoms with Crippen LogP contribution in [0.4, 0.5) is 28.9 Å². The Bertz CT molecular complexity index is 1020. The van der Waals surface area contributed by atoms with Gasteiger partial charge in [0.2, 0.25) is 0 Å². The third-order valence-corrected chi connectivity index (χ3v) is 3.74. The summed E-state index contributed by atoms with van der Waals surface area (Å²) in [5, 5.41) is 0. The van der Waals surface area contributed by atoms with Crippen LogP contribution in [-0.4, -0.2) is 11.4 Å². The monoisotopic (exact) mass is 377 g/mol. The predicted molar refractivity (Wildman–Crippen MR) is 99.7 cm³/mol. The fraction of sp³-hybridized carbons (Fsp3) is 0. The van der Waals surface area contributed by atoms with E-state index in [0.29, 0.717) is 11.1 Å². The number of allylic oxidation sites excluding steroid dienone is 4. The number of terminal acetylenes is 1. The molecule has 2 aromatic carbocycles. The summed E-state index contributed by atoms with van der Waals surface area (Å²) < 4.78 is 57.4. The number of aliphatic imine (C=N–C) groups is 2. The predicted octanol–water partition coefficient (Wildman–Crippen LogP) is 5.77. The van der Waals surface area contributed by atoms with Crippen molar-refractivity contribution in [1.29, 1.82) is 0 Å². The molecule has 3 rings (SSSR count). The van der Waals surface area contributed by atoms with Gasteiger partial charge in [0, 0.05) is 5.56 Å². The molecule has 0 fully saturated rings. The zero-order valence-electron chi connectivity index (χ0n) is 14.1. The fourth-order valence-corrected chi connectivity index (χ4v) is 2.31. The average molecular weight is 377 g/mol. The van der Waals surface area contributed by atoms with E-state index in [1.165, 1.54) is 48.5 Å². The summed E-state index contributed by atoms with van der Waals surface area (Å²) in [6.45, 7) is 0. The van der Waals surface area contributed by atoms with E-state index < -0.39 is 34.7 Å². The minimum atomic E-state index is -1.67. The SMILES string of the molecule is [C+]#Cc1ccc(N=C2C(F)=C(F)C(=Nc3ccc(C#C)cc3)C(F)=C2F)cc1. The van der Waals surface area contributed by atoms with Crippen molar-refractivity contribution >= 4 is 22.8 Å². The first-order valence-electron chi connectivity index (χ1n) is 7.83. The van der Waals surface area contributed by atoms with Gasteiger partial charge in [0.25, 0.3) is 0 Å². The van der Waals surface area contributed by atoms with E-state index in [2.05, 4.69) is 21.8 Å². The average Bonchev–Trinajstić information content (AvgIpc) is 2.73. The Labute approximate surface area is 158 Å². The molecule has 0 amide bonds. The number of hydrogen-bond acceptors (Lipinski definition) is 2.